The van der Waals surface area contributed by atoms with Crippen molar-refractivity contribution >= 4 is 21.6 Å². The van der Waals surface area contributed by atoms with E-state index in [0.29, 0.717) is 18.7 Å². The highest BCUT2D eigenvalue weighted by atomic mass is 32.2. The van der Waals surface area contributed by atoms with Crippen LogP contribution in [0.4, 0.5) is 5.69 Å². The molecule has 2 aromatic heterocycles. The zero-order valence-electron chi connectivity index (χ0n) is 14.4. The number of nitrogens with one attached hydrogen (secondary N) is 2. The number of nitrogens with zero attached hydrogens (tertiary/aromatic N) is 2. The Morgan fingerprint density at radius 3 is 2.52 bits per heavy atom. The van der Waals surface area contributed by atoms with Crippen LogP contribution in [-0.4, -0.2) is 30.8 Å². The minimum absolute atomic E-state index is 0.0786. The molecule has 27 heavy (non-hydrogen) atoms. The van der Waals surface area contributed by atoms with E-state index in [1.165, 1.54) is 18.3 Å². The smallest absolute Gasteiger partial charge is 0.262 e. The molecule has 0 aliphatic rings. The van der Waals surface area contributed by atoms with Crippen LogP contribution in [-0.2, 0) is 16.4 Å². The average molecular weight is 382 g/mol. The van der Waals surface area contributed by atoms with E-state index in [-0.39, 0.29) is 10.5 Å². The Morgan fingerprint density at radius 2 is 1.78 bits per heavy atom. The van der Waals surface area contributed by atoms with E-state index >= 15 is 0 Å². The normalized spacial score (nSPS) is 11.0. The number of pyridine rings is 2. The maximum atomic E-state index is 12.7. The molecule has 0 aliphatic heterocycles. The van der Waals surface area contributed by atoms with E-state index < -0.39 is 15.9 Å². The van der Waals surface area contributed by atoms with Crippen LogP contribution in [0, 0.1) is 0 Å². The number of amides is 1. The molecule has 0 radical (unpaired) electrons. The summed E-state index contributed by atoms with van der Waals surface area (Å²) in [6.07, 6.45) is 5.17. The summed E-state index contributed by atoms with van der Waals surface area (Å²) in [5.41, 5.74) is 1.25. The molecule has 0 atom stereocenters. The second kappa shape index (κ2) is 8.41. The zero-order chi connectivity index (χ0) is 19.1. The number of carbonyl (C=O) groups excluding carboxylic acids is 1. The van der Waals surface area contributed by atoms with Crippen molar-refractivity contribution in [3.63, 3.8) is 0 Å². The summed E-state index contributed by atoms with van der Waals surface area (Å²) in [5, 5.41) is 2.74. The molecule has 7 nitrogen and oxygen atoms in total. The highest BCUT2D eigenvalue weighted by Gasteiger charge is 2.22. The monoisotopic (exact) mass is 382 g/mol. The summed E-state index contributed by atoms with van der Waals surface area (Å²) in [6.45, 7) is 0.347. The molecule has 2 N–H and O–H groups in total. The van der Waals surface area contributed by atoms with Crippen LogP contribution in [0.15, 0.2) is 78.1 Å². The summed E-state index contributed by atoms with van der Waals surface area (Å²) in [6, 6.07) is 14.8. The first-order chi connectivity index (χ1) is 13.1. The van der Waals surface area contributed by atoms with Crippen molar-refractivity contribution in [1.29, 1.82) is 0 Å². The van der Waals surface area contributed by atoms with Crippen LogP contribution in [0.3, 0.4) is 0 Å². The number of carbonyl (C=O) groups is 1. The largest absolute Gasteiger partial charge is 0.352 e. The highest BCUT2D eigenvalue weighted by Crippen LogP contribution is 2.19. The standard InChI is InChI=1S/C19H18N4O3S/c24-19(22-13-10-15-6-3-4-12-21-15)17-8-1-2-9-18(17)27(25,26)23-16-7-5-11-20-14-16/h1-9,11-12,14,23H,10,13H2,(H,22,24). The summed E-state index contributed by atoms with van der Waals surface area (Å²) in [7, 11) is -3.93. The lowest BCUT2D eigenvalue weighted by atomic mass is 10.2. The number of hydrogen-bond donors (Lipinski definition) is 2. The Kier molecular flexibility index (Phi) is 5.77. The molecule has 0 saturated heterocycles. The predicted octanol–water partition coefficient (Wildman–Crippen LogP) is 2.25. The summed E-state index contributed by atoms with van der Waals surface area (Å²) in [4.78, 5) is 20.5. The van der Waals surface area contributed by atoms with Gasteiger partial charge in [-0.15, -0.1) is 0 Å². The maximum absolute atomic E-state index is 12.7. The van der Waals surface area contributed by atoms with Crippen molar-refractivity contribution in [1.82, 2.24) is 15.3 Å². The predicted molar refractivity (Wildman–Crippen MR) is 102 cm³/mol. The number of rotatable bonds is 7. The number of sulfonamides is 1. The molecule has 0 aliphatic carbocycles. The van der Waals surface area contributed by atoms with Gasteiger partial charge in [0, 0.05) is 31.1 Å². The average Bonchev–Trinajstić information content (AvgIpc) is 2.69. The van der Waals surface area contributed by atoms with Gasteiger partial charge in [0.25, 0.3) is 15.9 Å². The van der Waals surface area contributed by atoms with Gasteiger partial charge in [-0.3, -0.25) is 19.5 Å². The van der Waals surface area contributed by atoms with Crippen molar-refractivity contribution < 1.29 is 13.2 Å². The Balaban J connectivity index is 1.74. The van der Waals surface area contributed by atoms with Crippen molar-refractivity contribution in [2.45, 2.75) is 11.3 Å². The van der Waals surface area contributed by atoms with Gasteiger partial charge in [-0.2, -0.15) is 0 Å². The maximum Gasteiger partial charge on any atom is 0.262 e. The first-order valence-corrected chi connectivity index (χ1v) is 9.74. The molecule has 0 unspecified atom stereocenters. The fourth-order valence-electron chi connectivity index (χ4n) is 2.47. The molecule has 3 aromatic rings. The Bertz CT molecular complexity index is 1010. The third kappa shape index (κ3) is 4.89. The van der Waals surface area contributed by atoms with Crippen LogP contribution < -0.4 is 10.0 Å². The molecule has 8 heteroatoms. The molecule has 3 rings (SSSR count). The van der Waals surface area contributed by atoms with Gasteiger partial charge in [-0.1, -0.05) is 18.2 Å². The van der Waals surface area contributed by atoms with Crippen molar-refractivity contribution in [2.75, 3.05) is 11.3 Å². The van der Waals surface area contributed by atoms with Crippen molar-refractivity contribution in [3.8, 4) is 0 Å². The molecule has 0 spiro atoms. The minimum atomic E-state index is -3.93. The van der Waals surface area contributed by atoms with Gasteiger partial charge in [0.1, 0.15) is 4.90 Å². The molecule has 2 heterocycles. The SMILES string of the molecule is O=C(NCCc1ccccn1)c1ccccc1S(=O)(=O)Nc1cccnc1. The van der Waals surface area contributed by atoms with Crippen LogP contribution in [0.1, 0.15) is 16.1 Å². The van der Waals surface area contributed by atoms with Crippen LogP contribution >= 0.6 is 0 Å². The van der Waals surface area contributed by atoms with Crippen molar-refractivity contribution in [3.05, 3.63) is 84.4 Å². The van der Waals surface area contributed by atoms with E-state index in [1.807, 2.05) is 18.2 Å². The molecular weight excluding hydrogens is 364 g/mol. The minimum Gasteiger partial charge on any atom is -0.352 e. The second-order valence-electron chi connectivity index (χ2n) is 5.67. The van der Waals surface area contributed by atoms with Gasteiger partial charge in [0.2, 0.25) is 0 Å². The molecule has 1 amide bonds. The van der Waals surface area contributed by atoms with E-state index in [2.05, 4.69) is 20.0 Å². The second-order valence-corrected chi connectivity index (χ2v) is 7.32. The van der Waals surface area contributed by atoms with E-state index in [4.69, 9.17) is 0 Å². The lowest BCUT2D eigenvalue weighted by molar-refractivity contribution is 0.0951. The van der Waals surface area contributed by atoms with Crippen molar-refractivity contribution in [2.24, 2.45) is 0 Å². The molecule has 0 saturated carbocycles. The fraction of sp³-hybridized carbons (Fsp3) is 0.105. The van der Waals surface area contributed by atoms with Gasteiger partial charge in [0.15, 0.2) is 0 Å². The third-order valence-electron chi connectivity index (χ3n) is 3.73. The first kappa shape index (κ1) is 18.5. The topological polar surface area (TPSA) is 101 Å². The van der Waals surface area contributed by atoms with E-state index in [0.717, 1.165) is 5.69 Å². The van der Waals surface area contributed by atoms with Crippen LogP contribution in [0.5, 0.6) is 0 Å². The summed E-state index contributed by atoms with van der Waals surface area (Å²) < 4.78 is 27.8. The number of hydrogen-bond acceptors (Lipinski definition) is 5. The Morgan fingerprint density at radius 1 is 0.963 bits per heavy atom. The van der Waals surface area contributed by atoms with Crippen LogP contribution in [0.2, 0.25) is 0 Å². The van der Waals surface area contributed by atoms with Gasteiger partial charge in [0.05, 0.1) is 17.4 Å². The Hall–Kier alpha value is -3.26. The third-order valence-corrected chi connectivity index (χ3v) is 5.17. The lowest BCUT2D eigenvalue weighted by Crippen LogP contribution is -2.28. The molecular formula is C19H18N4O3S. The first-order valence-electron chi connectivity index (χ1n) is 8.26. The Labute approximate surface area is 157 Å². The van der Waals surface area contributed by atoms with E-state index in [1.54, 1.807) is 36.7 Å². The fourth-order valence-corrected chi connectivity index (χ4v) is 3.72. The van der Waals surface area contributed by atoms with E-state index in [9.17, 15) is 13.2 Å². The summed E-state index contributed by atoms with van der Waals surface area (Å²) in [5.74, 6) is -0.460. The number of aromatic nitrogens is 2. The van der Waals surface area contributed by atoms with Gasteiger partial charge in [-0.25, -0.2) is 8.42 Å². The zero-order valence-corrected chi connectivity index (χ0v) is 15.2. The highest BCUT2D eigenvalue weighted by molar-refractivity contribution is 7.92. The van der Waals surface area contributed by atoms with Gasteiger partial charge in [-0.05, 0) is 36.4 Å². The van der Waals surface area contributed by atoms with Gasteiger partial charge >= 0.3 is 0 Å². The number of benzene rings is 1. The molecule has 0 fully saturated rings. The summed E-state index contributed by atoms with van der Waals surface area (Å²) >= 11 is 0. The molecule has 0 bridgehead atoms. The van der Waals surface area contributed by atoms with Gasteiger partial charge < -0.3 is 5.32 Å². The van der Waals surface area contributed by atoms with Crippen LogP contribution in [0.25, 0.3) is 0 Å². The molecule has 138 valence electrons. The molecule has 1 aromatic carbocycles. The number of anilines is 1. The lowest BCUT2D eigenvalue weighted by Gasteiger charge is -2.12. The quantitative estimate of drug-likeness (QED) is 0.653.